The van der Waals surface area contributed by atoms with Crippen LogP contribution in [-0.2, 0) is 14.4 Å². The molecular formula is C21H34O6. The largest absolute Gasteiger partial charge is 0.481 e. The number of allylic oxidation sites excluding steroid dienone is 3. The molecule has 6 heteroatoms. The molecule has 0 aliphatic rings. The molecule has 0 saturated carbocycles. The standard InChI is InChI=1S/C21H34O6/c1-6-17(22)13(2)9-7-8-10-18(23)14(3)11-15(4)21(27)16(5)19(24)12-20(25)26/h7-10,13-17,19,22,24H,6,11-12H2,1-5H3,(H,25,26)/b9-7+,10-8+. The van der Waals surface area contributed by atoms with Crippen LogP contribution in [0, 0.1) is 23.7 Å². The average Bonchev–Trinajstić information content (AvgIpc) is 2.61. The van der Waals surface area contributed by atoms with Gasteiger partial charge in [-0.05, 0) is 18.9 Å². The summed E-state index contributed by atoms with van der Waals surface area (Å²) in [5.74, 6) is -3.11. The van der Waals surface area contributed by atoms with E-state index in [1.165, 1.54) is 13.0 Å². The lowest BCUT2D eigenvalue weighted by atomic mass is 9.84. The molecule has 0 rings (SSSR count). The Hall–Kier alpha value is -1.79. The molecule has 3 N–H and O–H groups in total. The van der Waals surface area contributed by atoms with E-state index < -0.39 is 36.4 Å². The number of carbonyl (C=O) groups is 3. The van der Waals surface area contributed by atoms with E-state index in [0.29, 0.717) is 12.8 Å². The highest BCUT2D eigenvalue weighted by molar-refractivity contribution is 5.92. The minimum Gasteiger partial charge on any atom is -0.481 e. The van der Waals surface area contributed by atoms with Gasteiger partial charge in [-0.15, -0.1) is 0 Å². The van der Waals surface area contributed by atoms with E-state index in [-0.39, 0.29) is 23.4 Å². The van der Waals surface area contributed by atoms with Gasteiger partial charge >= 0.3 is 5.97 Å². The molecule has 6 unspecified atom stereocenters. The van der Waals surface area contributed by atoms with E-state index in [0.717, 1.165) is 0 Å². The zero-order chi connectivity index (χ0) is 21.1. The Balaban J connectivity index is 4.60. The van der Waals surface area contributed by atoms with Gasteiger partial charge in [-0.1, -0.05) is 52.8 Å². The summed E-state index contributed by atoms with van der Waals surface area (Å²) in [5.41, 5.74) is 0. The first-order valence-electron chi connectivity index (χ1n) is 9.51. The number of hydrogen-bond acceptors (Lipinski definition) is 5. The van der Waals surface area contributed by atoms with Crippen molar-refractivity contribution >= 4 is 17.5 Å². The maximum absolute atomic E-state index is 12.3. The smallest absolute Gasteiger partial charge is 0.305 e. The monoisotopic (exact) mass is 382 g/mol. The van der Waals surface area contributed by atoms with Crippen molar-refractivity contribution < 1.29 is 29.7 Å². The molecule has 0 aliphatic carbocycles. The number of carbonyl (C=O) groups excluding carboxylic acids is 2. The number of Topliss-reactive ketones (excluding diaryl/α,β-unsaturated/α-hetero) is 1. The van der Waals surface area contributed by atoms with Gasteiger partial charge in [0, 0.05) is 23.7 Å². The molecule has 0 aromatic carbocycles. The Labute approximate surface area is 162 Å². The Morgan fingerprint density at radius 3 is 2.04 bits per heavy atom. The first kappa shape index (κ1) is 25.2. The summed E-state index contributed by atoms with van der Waals surface area (Å²) in [6, 6.07) is 0. The summed E-state index contributed by atoms with van der Waals surface area (Å²) >= 11 is 0. The van der Waals surface area contributed by atoms with Gasteiger partial charge in [0.1, 0.15) is 5.78 Å². The minimum atomic E-state index is -1.23. The van der Waals surface area contributed by atoms with Crippen LogP contribution in [-0.4, -0.2) is 45.1 Å². The molecule has 0 amide bonds. The lowest BCUT2D eigenvalue weighted by molar-refractivity contribution is -0.141. The van der Waals surface area contributed by atoms with Crippen LogP contribution in [0.2, 0.25) is 0 Å². The number of aliphatic hydroxyl groups is 2. The van der Waals surface area contributed by atoms with E-state index in [1.807, 2.05) is 19.9 Å². The molecular weight excluding hydrogens is 348 g/mol. The maximum Gasteiger partial charge on any atom is 0.305 e. The van der Waals surface area contributed by atoms with Gasteiger partial charge in [-0.3, -0.25) is 14.4 Å². The molecule has 6 nitrogen and oxygen atoms in total. The molecule has 27 heavy (non-hydrogen) atoms. The predicted octanol–water partition coefficient (Wildman–Crippen LogP) is 2.78. The van der Waals surface area contributed by atoms with Crippen molar-refractivity contribution in [3.05, 3.63) is 24.3 Å². The third-order valence-electron chi connectivity index (χ3n) is 4.90. The quantitative estimate of drug-likeness (QED) is 0.334. The van der Waals surface area contributed by atoms with Crippen molar-refractivity contribution in [2.24, 2.45) is 23.7 Å². The number of carboxylic acid groups (broad SMARTS) is 1. The van der Waals surface area contributed by atoms with Crippen molar-refractivity contribution in [2.45, 2.75) is 66.1 Å². The molecule has 0 bridgehead atoms. The Morgan fingerprint density at radius 1 is 0.926 bits per heavy atom. The van der Waals surface area contributed by atoms with Gasteiger partial charge < -0.3 is 15.3 Å². The maximum atomic E-state index is 12.3. The van der Waals surface area contributed by atoms with Crippen LogP contribution < -0.4 is 0 Å². The molecule has 0 radical (unpaired) electrons. The Bertz CT molecular complexity index is 551. The number of aliphatic carboxylic acids is 1. The molecule has 0 aromatic rings. The first-order valence-corrected chi connectivity index (χ1v) is 9.51. The zero-order valence-electron chi connectivity index (χ0n) is 17.0. The van der Waals surface area contributed by atoms with Crippen molar-refractivity contribution in [1.82, 2.24) is 0 Å². The van der Waals surface area contributed by atoms with Crippen molar-refractivity contribution in [3.63, 3.8) is 0 Å². The van der Waals surface area contributed by atoms with Crippen molar-refractivity contribution in [1.29, 1.82) is 0 Å². The van der Waals surface area contributed by atoms with Crippen molar-refractivity contribution in [3.8, 4) is 0 Å². The van der Waals surface area contributed by atoms with Gasteiger partial charge in [0.2, 0.25) is 0 Å². The number of hydrogen-bond donors (Lipinski definition) is 3. The molecule has 0 fully saturated rings. The minimum absolute atomic E-state index is 0.00327. The summed E-state index contributed by atoms with van der Waals surface area (Å²) in [7, 11) is 0. The van der Waals surface area contributed by atoms with E-state index in [1.54, 1.807) is 26.0 Å². The predicted molar refractivity (Wildman–Crippen MR) is 104 cm³/mol. The zero-order valence-corrected chi connectivity index (χ0v) is 17.0. The van der Waals surface area contributed by atoms with Crippen LogP contribution in [0.25, 0.3) is 0 Å². The highest BCUT2D eigenvalue weighted by Gasteiger charge is 2.29. The van der Waals surface area contributed by atoms with Crippen LogP contribution in [0.4, 0.5) is 0 Å². The fourth-order valence-corrected chi connectivity index (χ4v) is 2.81. The lowest BCUT2D eigenvalue weighted by Crippen LogP contribution is -2.32. The van der Waals surface area contributed by atoms with Gasteiger partial charge in [0.05, 0.1) is 18.6 Å². The van der Waals surface area contributed by atoms with Crippen LogP contribution in [0.5, 0.6) is 0 Å². The van der Waals surface area contributed by atoms with Crippen LogP contribution in [0.3, 0.4) is 0 Å². The summed E-state index contributed by atoms with van der Waals surface area (Å²) in [5, 5.41) is 28.2. The third kappa shape index (κ3) is 9.63. The SMILES string of the molecule is CCC(O)C(C)/C=C/C=C/C(=O)C(C)CC(C)C(=O)C(C)C(O)CC(=O)O. The molecule has 154 valence electrons. The summed E-state index contributed by atoms with van der Waals surface area (Å²) in [6.45, 7) is 8.74. The highest BCUT2D eigenvalue weighted by Crippen LogP contribution is 2.20. The number of carboxylic acids is 1. The molecule has 6 atom stereocenters. The number of aliphatic hydroxyl groups excluding tert-OH is 2. The van der Waals surface area contributed by atoms with E-state index in [4.69, 9.17) is 5.11 Å². The van der Waals surface area contributed by atoms with E-state index >= 15 is 0 Å². The molecule has 0 saturated heterocycles. The van der Waals surface area contributed by atoms with Gasteiger partial charge in [0.25, 0.3) is 0 Å². The fraction of sp³-hybridized carbons (Fsp3) is 0.667. The van der Waals surface area contributed by atoms with Gasteiger partial charge in [0.15, 0.2) is 5.78 Å². The summed E-state index contributed by atoms with van der Waals surface area (Å²) in [6.07, 6.45) is 5.53. The molecule has 0 aromatic heterocycles. The number of ketones is 2. The highest BCUT2D eigenvalue weighted by atomic mass is 16.4. The summed E-state index contributed by atoms with van der Waals surface area (Å²) in [4.78, 5) is 35.2. The van der Waals surface area contributed by atoms with Gasteiger partial charge in [-0.2, -0.15) is 0 Å². The molecule has 0 aliphatic heterocycles. The molecule has 0 heterocycles. The van der Waals surface area contributed by atoms with Crippen LogP contribution >= 0.6 is 0 Å². The van der Waals surface area contributed by atoms with Crippen LogP contribution in [0.1, 0.15) is 53.9 Å². The topological polar surface area (TPSA) is 112 Å². The molecule has 0 spiro atoms. The second kappa shape index (κ2) is 12.6. The van der Waals surface area contributed by atoms with E-state index in [9.17, 15) is 24.6 Å². The summed E-state index contributed by atoms with van der Waals surface area (Å²) < 4.78 is 0. The Kier molecular flexibility index (Phi) is 11.7. The van der Waals surface area contributed by atoms with Crippen LogP contribution in [0.15, 0.2) is 24.3 Å². The van der Waals surface area contributed by atoms with Gasteiger partial charge in [-0.25, -0.2) is 0 Å². The normalized spacial score (nSPS) is 18.8. The first-order chi connectivity index (χ1) is 12.5. The average molecular weight is 382 g/mol. The second-order valence-corrected chi connectivity index (χ2v) is 7.38. The third-order valence-corrected chi connectivity index (χ3v) is 4.90. The fourth-order valence-electron chi connectivity index (χ4n) is 2.81. The Morgan fingerprint density at radius 2 is 1.52 bits per heavy atom. The second-order valence-electron chi connectivity index (χ2n) is 7.38. The lowest BCUT2D eigenvalue weighted by Gasteiger charge is -2.21. The van der Waals surface area contributed by atoms with Crippen molar-refractivity contribution in [2.75, 3.05) is 0 Å². The number of rotatable bonds is 13. The van der Waals surface area contributed by atoms with E-state index in [2.05, 4.69) is 0 Å².